The monoisotopic (exact) mass is 288 g/mol. The minimum atomic E-state index is -0.606. The van der Waals surface area contributed by atoms with Gasteiger partial charge in [0, 0.05) is 0 Å². The first-order valence-corrected chi connectivity index (χ1v) is 6.82. The molecule has 4 heteroatoms. The van der Waals surface area contributed by atoms with E-state index in [0.29, 0.717) is 24.3 Å². The first-order chi connectivity index (χ1) is 10.1. The summed E-state index contributed by atoms with van der Waals surface area (Å²) >= 11 is 0. The molecule has 112 valence electrons. The average molecular weight is 288 g/mol. The van der Waals surface area contributed by atoms with Gasteiger partial charge >= 0.3 is 0 Å². The van der Waals surface area contributed by atoms with E-state index in [0.717, 1.165) is 11.1 Å². The molecule has 0 saturated heterocycles. The fourth-order valence-electron chi connectivity index (χ4n) is 2.24. The molecule has 2 rings (SSSR count). The van der Waals surface area contributed by atoms with Gasteiger partial charge in [0.05, 0.1) is 20.3 Å². The largest absolute Gasteiger partial charge is 0.508 e. The van der Waals surface area contributed by atoms with Gasteiger partial charge in [-0.2, -0.15) is 0 Å². The van der Waals surface area contributed by atoms with Gasteiger partial charge in [0.25, 0.3) is 0 Å². The lowest BCUT2D eigenvalue weighted by Crippen LogP contribution is -2.00. The Hall–Kier alpha value is -2.20. The second-order valence-electron chi connectivity index (χ2n) is 4.84. The SMILES string of the molecule is COc1ccc(CCC(O)c2cccc(O)c2)cc1OC. The van der Waals surface area contributed by atoms with E-state index in [-0.39, 0.29) is 5.75 Å². The van der Waals surface area contributed by atoms with Crippen molar-refractivity contribution >= 4 is 0 Å². The molecular weight excluding hydrogens is 268 g/mol. The van der Waals surface area contributed by atoms with Crippen LogP contribution in [0.5, 0.6) is 17.2 Å². The van der Waals surface area contributed by atoms with E-state index in [9.17, 15) is 10.2 Å². The standard InChI is InChI=1S/C17H20O4/c1-20-16-9-7-12(10-17(16)21-2)6-8-15(19)13-4-3-5-14(18)11-13/h3-5,7,9-11,15,18-19H,6,8H2,1-2H3. The lowest BCUT2D eigenvalue weighted by atomic mass is 10.0. The van der Waals surface area contributed by atoms with Gasteiger partial charge in [-0.3, -0.25) is 0 Å². The Balaban J connectivity index is 2.02. The molecule has 0 aliphatic heterocycles. The molecule has 2 aromatic carbocycles. The minimum Gasteiger partial charge on any atom is -0.508 e. The van der Waals surface area contributed by atoms with Crippen molar-refractivity contribution in [3.05, 3.63) is 53.6 Å². The van der Waals surface area contributed by atoms with Crippen LogP contribution in [0.2, 0.25) is 0 Å². The maximum absolute atomic E-state index is 10.2. The highest BCUT2D eigenvalue weighted by Gasteiger charge is 2.10. The van der Waals surface area contributed by atoms with Crippen molar-refractivity contribution in [3.63, 3.8) is 0 Å². The normalized spacial score (nSPS) is 12.0. The van der Waals surface area contributed by atoms with Crippen LogP contribution in [0, 0.1) is 0 Å². The molecule has 0 aliphatic rings. The lowest BCUT2D eigenvalue weighted by Gasteiger charge is -2.13. The van der Waals surface area contributed by atoms with Gasteiger partial charge < -0.3 is 19.7 Å². The van der Waals surface area contributed by atoms with E-state index in [1.54, 1.807) is 38.5 Å². The number of methoxy groups -OCH3 is 2. The van der Waals surface area contributed by atoms with Crippen molar-refractivity contribution in [2.45, 2.75) is 18.9 Å². The zero-order valence-electron chi connectivity index (χ0n) is 12.2. The summed E-state index contributed by atoms with van der Waals surface area (Å²) in [6.45, 7) is 0. The number of aromatic hydroxyl groups is 1. The molecule has 2 N–H and O–H groups in total. The van der Waals surface area contributed by atoms with Crippen LogP contribution in [0.25, 0.3) is 0 Å². The van der Waals surface area contributed by atoms with Gasteiger partial charge in [0.1, 0.15) is 5.75 Å². The number of phenols is 1. The molecular formula is C17H20O4. The number of benzene rings is 2. The van der Waals surface area contributed by atoms with Crippen molar-refractivity contribution in [3.8, 4) is 17.2 Å². The minimum absolute atomic E-state index is 0.165. The van der Waals surface area contributed by atoms with Gasteiger partial charge in [-0.15, -0.1) is 0 Å². The first-order valence-electron chi connectivity index (χ1n) is 6.82. The van der Waals surface area contributed by atoms with Crippen LogP contribution in [0.4, 0.5) is 0 Å². The van der Waals surface area contributed by atoms with E-state index >= 15 is 0 Å². The van der Waals surface area contributed by atoms with Gasteiger partial charge in [-0.25, -0.2) is 0 Å². The van der Waals surface area contributed by atoms with Gasteiger partial charge in [0.15, 0.2) is 11.5 Å². The topological polar surface area (TPSA) is 58.9 Å². The summed E-state index contributed by atoms with van der Waals surface area (Å²) in [5.41, 5.74) is 1.78. The van der Waals surface area contributed by atoms with Gasteiger partial charge in [-0.05, 0) is 48.2 Å². The Morgan fingerprint density at radius 3 is 2.43 bits per heavy atom. The third-order valence-electron chi connectivity index (χ3n) is 3.41. The number of hydrogen-bond donors (Lipinski definition) is 2. The first kappa shape index (κ1) is 15.2. The van der Waals surface area contributed by atoms with Crippen LogP contribution in [-0.4, -0.2) is 24.4 Å². The smallest absolute Gasteiger partial charge is 0.160 e. The highest BCUT2D eigenvalue weighted by Crippen LogP contribution is 2.29. The number of aryl methyl sites for hydroxylation is 1. The number of aliphatic hydroxyl groups is 1. The molecule has 0 aliphatic carbocycles. The molecule has 0 heterocycles. The maximum atomic E-state index is 10.2. The Morgan fingerprint density at radius 2 is 1.76 bits per heavy atom. The fourth-order valence-corrected chi connectivity index (χ4v) is 2.24. The van der Waals surface area contributed by atoms with Gasteiger partial charge in [0.2, 0.25) is 0 Å². The second kappa shape index (κ2) is 6.99. The van der Waals surface area contributed by atoms with E-state index in [1.807, 2.05) is 18.2 Å². The van der Waals surface area contributed by atoms with Crippen LogP contribution in [0.1, 0.15) is 23.7 Å². The van der Waals surface area contributed by atoms with Crippen molar-refractivity contribution in [2.75, 3.05) is 14.2 Å². The quantitative estimate of drug-likeness (QED) is 0.857. The molecule has 0 bridgehead atoms. The molecule has 0 saturated carbocycles. The average Bonchev–Trinajstić information content (AvgIpc) is 2.52. The third-order valence-corrected chi connectivity index (χ3v) is 3.41. The maximum Gasteiger partial charge on any atom is 0.160 e. The highest BCUT2D eigenvalue weighted by atomic mass is 16.5. The second-order valence-corrected chi connectivity index (χ2v) is 4.84. The van der Waals surface area contributed by atoms with Crippen LogP contribution < -0.4 is 9.47 Å². The summed E-state index contributed by atoms with van der Waals surface area (Å²) in [5, 5.41) is 19.6. The number of aliphatic hydroxyl groups excluding tert-OH is 1. The van der Waals surface area contributed by atoms with E-state index in [4.69, 9.17) is 9.47 Å². The van der Waals surface area contributed by atoms with E-state index < -0.39 is 6.10 Å². The van der Waals surface area contributed by atoms with Crippen molar-refractivity contribution < 1.29 is 19.7 Å². The molecule has 2 aromatic rings. The molecule has 1 unspecified atom stereocenters. The van der Waals surface area contributed by atoms with Crippen LogP contribution >= 0.6 is 0 Å². The van der Waals surface area contributed by atoms with Crippen LogP contribution in [0.3, 0.4) is 0 Å². The summed E-state index contributed by atoms with van der Waals surface area (Å²) in [6, 6.07) is 12.4. The Labute approximate surface area is 124 Å². The molecule has 0 amide bonds. The Morgan fingerprint density at radius 1 is 1.00 bits per heavy atom. The van der Waals surface area contributed by atoms with Gasteiger partial charge in [-0.1, -0.05) is 18.2 Å². The van der Waals surface area contributed by atoms with E-state index in [2.05, 4.69) is 0 Å². The van der Waals surface area contributed by atoms with Crippen LogP contribution in [-0.2, 0) is 6.42 Å². The Kier molecular flexibility index (Phi) is 5.06. The molecule has 0 fully saturated rings. The highest BCUT2D eigenvalue weighted by molar-refractivity contribution is 5.43. The molecule has 21 heavy (non-hydrogen) atoms. The Bertz CT molecular complexity index is 595. The molecule has 0 spiro atoms. The van der Waals surface area contributed by atoms with E-state index in [1.165, 1.54) is 0 Å². The number of ether oxygens (including phenoxy) is 2. The zero-order chi connectivity index (χ0) is 15.2. The summed E-state index contributed by atoms with van der Waals surface area (Å²) in [5.74, 6) is 1.54. The van der Waals surface area contributed by atoms with Crippen molar-refractivity contribution in [1.82, 2.24) is 0 Å². The van der Waals surface area contributed by atoms with Crippen LogP contribution in [0.15, 0.2) is 42.5 Å². The number of hydrogen-bond acceptors (Lipinski definition) is 4. The lowest BCUT2D eigenvalue weighted by molar-refractivity contribution is 0.167. The molecule has 4 nitrogen and oxygen atoms in total. The fraction of sp³-hybridized carbons (Fsp3) is 0.294. The summed E-state index contributed by atoms with van der Waals surface area (Å²) in [6.07, 6.45) is 0.668. The zero-order valence-corrected chi connectivity index (χ0v) is 12.2. The summed E-state index contributed by atoms with van der Waals surface area (Å²) < 4.78 is 10.5. The predicted octanol–water partition coefficient (Wildman–Crippen LogP) is 3.08. The third kappa shape index (κ3) is 3.89. The number of phenolic OH excluding ortho intramolecular Hbond substituents is 1. The molecule has 0 aromatic heterocycles. The van der Waals surface area contributed by atoms with Crippen molar-refractivity contribution in [1.29, 1.82) is 0 Å². The summed E-state index contributed by atoms with van der Waals surface area (Å²) in [7, 11) is 3.20. The molecule has 0 radical (unpaired) electrons. The predicted molar refractivity (Wildman–Crippen MR) is 80.9 cm³/mol. The van der Waals surface area contributed by atoms with Crippen molar-refractivity contribution in [2.24, 2.45) is 0 Å². The summed E-state index contributed by atoms with van der Waals surface area (Å²) in [4.78, 5) is 0. The number of rotatable bonds is 6. The molecule has 1 atom stereocenters.